The van der Waals surface area contributed by atoms with Gasteiger partial charge in [0.1, 0.15) is 11.6 Å². The van der Waals surface area contributed by atoms with Crippen molar-refractivity contribution in [3.8, 4) is 6.07 Å². The number of ether oxygens (including phenoxy) is 1. The Morgan fingerprint density at radius 1 is 1.31 bits per heavy atom. The largest absolute Gasteiger partial charge is 0.368 e. The van der Waals surface area contributed by atoms with Crippen molar-refractivity contribution in [1.82, 2.24) is 15.1 Å². The zero-order valence-corrected chi connectivity index (χ0v) is 17.1. The summed E-state index contributed by atoms with van der Waals surface area (Å²) in [6.07, 6.45) is 2.45. The van der Waals surface area contributed by atoms with Crippen molar-refractivity contribution in [2.45, 2.75) is 44.4 Å². The van der Waals surface area contributed by atoms with Crippen molar-refractivity contribution in [3.63, 3.8) is 0 Å². The maximum atomic E-state index is 12.8. The van der Waals surface area contributed by atoms with Gasteiger partial charge in [0, 0.05) is 24.7 Å². The van der Waals surface area contributed by atoms with Crippen LogP contribution in [0.25, 0.3) is 0 Å². The molecule has 2 amide bonds. The highest BCUT2D eigenvalue weighted by Crippen LogP contribution is 2.36. The average Bonchev–Trinajstić information content (AvgIpc) is 3.49. The minimum atomic E-state index is -0.397. The first-order chi connectivity index (χ1) is 13.9. The number of likely N-dealkylation sites (tertiary alicyclic amines) is 1. The predicted octanol–water partition coefficient (Wildman–Crippen LogP) is 1.39. The van der Waals surface area contributed by atoms with E-state index in [2.05, 4.69) is 16.3 Å². The fourth-order valence-corrected chi connectivity index (χ4v) is 4.22. The van der Waals surface area contributed by atoms with E-state index in [0.717, 1.165) is 6.54 Å². The van der Waals surface area contributed by atoms with Crippen molar-refractivity contribution in [1.29, 1.82) is 5.26 Å². The average molecular weight is 396 g/mol. The number of nitrogens with one attached hydrogen (secondary N) is 1. The van der Waals surface area contributed by atoms with E-state index in [1.165, 1.54) is 12.8 Å². The van der Waals surface area contributed by atoms with Crippen molar-refractivity contribution < 1.29 is 14.3 Å². The maximum Gasteiger partial charge on any atom is 0.254 e. The molecule has 29 heavy (non-hydrogen) atoms. The van der Waals surface area contributed by atoms with Gasteiger partial charge in [0.15, 0.2) is 0 Å². The second-order valence-electron chi connectivity index (χ2n) is 8.90. The van der Waals surface area contributed by atoms with E-state index < -0.39 is 5.60 Å². The Hall–Kier alpha value is -2.43. The molecule has 0 radical (unpaired) electrons. The normalized spacial score (nSPS) is 23.5. The van der Waals surface area contributed by atoms with Crippen LogP contribution < -0.4 is 5.32 Å². The number of rotatable bonds is 5. The highest BCUT2D eigenvalue weighted by molar-refractivity contribution is 5.95. The van der Waals surface area contributed by atoms with Gasteiger partial charge in [0.25, 0.3) is 5.91 Å². The smallest absolute Gasteiger partial charge is 0.254 e. The van der Waals surface area contributed by atoms with E-state index >= 15 is 0 Å². The minimum Gasteiger partial charge on any atom is -0.368 e. The van der Waals surface area contributed by atoms with Crippen molar-refractivity contribution in [2.75, 3.05) is 32.8 Å². The number of amides is 2. The number of nitrogens with zero attached hydrogens (tertiary/aromatic N) is 3. The molecule has 1 N–H and O–H groups in total. The Morgan fingerprint density at radius 2 is 2.07 bits per heavy atom. The van der Waals surface area contributed by atoms with Crippen LogP contribution in [0.1, 0.15) is 42.6 Å². The Kier molecular flexibility index (Phi) is 5.32. The lowest BCUT2D eigenvalue weighted by molar-refractivity contribution is -0.192. The first-order valence-electron chi connectivity index (χ1n) is 10.4. The van der Waals surface area contributed by atoms with Crippen LogP contribution in [0.15, 0.2) is 24.3 Å². The molecule has 0 aromatic heterocycles. The maximum absolute atomic E-state index is 12.8. The predicted molar refractivity (Wildman–Crippen MR) is 107 cm³/mol. The molecule has 2 aliphatic heterocycles. The summed E-state index contributed by atoms with van der Waals surface area (Å²) in [5.41, 5.74) is 0.611. The lowest BCUT2D eigenvalue weighted by atomic mass is 9.89. The van der Waals surface area contributed by atoms with Crippen LogP contribution in [0.4, 0.5) is 0 Å². The number of carbonyl (C=O) groups is 2. The van der Waals surface area contributed by atoms with Crippen molar-refractivity contribution >= 4 is 11.8 Å². The van der Waals surface area contributed by atoms with Crippen LogP contribution in [0.3, 0.4) is 0 Å². The number of hydrogen-bond acceptors (Lipinski definition) is 5. The molecule has 1 spiro atoms. The zero-order chi connectivity index (χ0) is 20.6. The van der Waals surface area contributed by atoms with E-state index in [-0.39, 0.29) is 23.9 Å². The molecule has 1 aliphatic carbocycles. The molecule has 7 heteroatoms. The van der Waals surface area contributed by atoms with Gasteiger partial charge in [0.2, 0.25) is 5.91 Å². The van der Waals surface area contributed by atoms with E-state index in [1.807, 2.05) is 13.8 Å². The summed E-state index contributed by atoms with van der Waals surface area (Å²) >= 11 is 0. The zero-order valence-electron chi connectivity index (χ0n) is 17.1. The molecule has 0 unspecified atom stereocenters. The Bertz CT molecular complexity index is 837. The number of benzene rings is 1. The monoisotopic (exact) mass is 396 g/mol. The third-order valence-corrected chi connectivity index (χ3v) is 5.89. The van der Waals surface area contributed by atoms with Gasteiger partial charge < -0.3 is 15.0 Å². The van der Waals surface area contributed by atoms with Crippen LogP contribution in [-0.2, 0) is 9.53 Å². The standard InChI is InChI=1S/C22H28N4O3/c1-15(2)24-20(27)19-11-29-22(12-25(19)10-16-6-7-16)13-26(14-22)21(28)18-5-3-4-17(8-18)9-23/h3-5,8,15-16,19H,6-7,10-14H2,1-2H3,(H,24,27)/t19-/m0/s1. The molecule has 4 rings (SSSR count). The number of carbonyl (C=O) groups excluding carboxylic acids is 2. The summed E-state index contributed by atoms with van der Waals surface area (Å²) in [6.45, 7) is 6.90. The van der Waals surface area contributed by atoms with Gasteiger partial charge in [-0.15, -0.1) is 0 Å². The summed E-state index contributed by atoms with van der Waals surface area (Å²) in [6, 6.07) is 8.69. The third kappa shape index (κ3) is 4.29. The summed E-state index contributed by atoms with van der Waals surface area (Å²) in [4.78, 5) is 29.4. The van der Waals surface area contributed by atoms with Crippen LogP contribution in [-0.4, -0.2) is 72.1 Å². The fraction of sp³-hybridized carbons (Fsp3) is 0.591. The molecule has 1 aromatic carbocycles. The van der Waals surface area contributed by atoms with E-state index in [1.54, 1.807) is 29.2 Å². The number of hydrogen-bond donors (Lipinski definition) is 1. The molecule has 2 saturated heterocycles. The van der Waals surface area contributed by atoms with E-state index in [0.29, 0.717) is 43.3 Å². The quantitative estimate of drug-likeness (QED) is 0.813. The summed E-state index contributed by atoms with van der Waals surface area (Å²) < 4.78 is 6.16. The van der Waals surface area contributed by atoms with E-state index in [9.17, 15) is 9.59 Å². The van der Waals surface area contributed by atoms with Gasteiger partial charge in [-0.25, -0.2) is 0 Å². The molecular weight excluding hydrogens is 368 g/mol. The van der Waals surface area contributed by atoms with Crippen molar-refractivity contribution in [2.24, 2.45) is 5.92 Å². The van der Waals surface area contributed by atoms with Crippen LogP contribution in [0.2, 0.25) is 0 Å². The highest BCUT2D eigenvalue weighted by atomic mass is 16.5. The molecule has 1 saturated carbocycles. The molecule has 3 aliphatic rings. The molecule has 154 valence electrons. The molecular formula is C22H28N4O3. The second-order valence-corrected chi connectivity index (χ2v) is 8.90. The van der Waals surface area contributed by atoms with Gasteiger partial charge in [-0.3, -0.25) is 14.5 Å². The van der Waals surface area contributed by atoms with E-state index in [4.69, 9.17) is 10.00 Å². The van der Waals surface area contributed by atoms with Gasteiger partial charge in [-0.05, 0) is 50.8 Å². The first kappa shape index (κ1) is 19.9. The molecule has 1 atom stereocenters. The molecule has 7 nitrogen and oxygen atoms in total. The number of morpholine rings is 1. The highest BCUT2D eigenvalue weighted by Gasteiger charge is 2.52. The second kappa shape index (κ2) is 7.77. The first-order valence-corrected chi connectivity index (χ1v) is 10.4. The molecule has 1 aromatic rings. The Morgan fingerprint density at radius 3 is 2.72 bits per heavy atom. The third-order valence-electron chi connectivity index (χ3n) is 5.89. The van der Waals surface area contributed by atoms with Crippen LogP contribution in [0.5, 0.6) is 0 Å². The molecule has 0 bridgehead atoms. The van der Waals surface area contributed by atoms with Gasteiger partial charge in [-0.1, -0.05) is 6.07 Å². The van der Waals surface area contributed by atoms with Gasteiger partial charge >= 0.3 is 0 Å². The summed E-state index contributed by atoms with van der Waals surface area (Å²) in [5.74, 6) is 0.617. The SMILES string of the molecule is CC(C)NC(=O)[C@@H]1COC2(CN(C(=O)c3cccc(C#N)c3)C2)CN1CC1CC1. The molecule has 3 fully saturated rings. The van der Waals surface area contributed by atoms with Crippen molar-refractivity contribution in [3.05, 3.63) is 35.4 Å². The van der Waals surface area contributed by atoms with Crippen LogP contribution >= 0.6 is 0 Å². The fourth-order valence-electron chi connectivity index (χ4n) is 4.22. The topological polar surface area (TPSA) is 85.7 Å². The summed E-state index contributed by atoms with van der Waals surface area (Å²) in [5, 5.41) is 12.1. The lowest BCUT2D eigenvalue weighted by Crippen LogP contribution is -2.73. The minimum absolute atomic E-state index is 0.0241. The Labute approximate surface area is 171 Å². The number of nitriles is 1. The van der Waals surface area contributed by atoms with Gasteiger partial charge in [-0.2, -0.15) is 5.26 Å². The lowest BCUT2D eigenvalue weighted by Gasteiger charge is -2.55. The Balaban J connectivity index is 1.40. The summed E-state index contributed by atoms with van der Waals surface area (Å²) in [7, 11) is 0. The van der Waals surface area contributed by atoms with Crippen LogP contribution in [0, 0.1) is 17.2 Å². The van der Waals surface area contributed by atoms with Gasteiger partial charge in [0.05, 0.1) is 31.3 Å². The molecule has 2 heterocycles.